The molecule has 0 bridgehead atoms. The van der Waals surface area contributed by atoms with Gasteiger partial charge in [-0.15, -0.1) is 0 Å². The minimum Gasteiger partial charge on any atom is -0.368 e. The van der Waals surface area contributed by atoms with Crippen LogP contribution in [0.2, 0.25) is 0 Å². The van der Waals surface area contributed by atoms with Crippen molar-refractivity contribution in [1.82, 2.24) is 9.88 Å². The molecular weight excluding hydrogens is 253 g/mol. The zero-order chi connectivity index (χ0) is 13.5. The first-order valence-corrected chi connectivity index (χ1v) is 7.14. The minimum absolute atomic E-state index is 0.0598. The lowest BCUT2D eigenvalue weighted by atomic mass is 10.2. The number of thioether (sulfide) groups is 1. The summed E-state index contributed by atoms with van der Waals surface area (Å²) < 4.78 is 14.0. The van der Waals surface area contributed by atoms with Gasteiger partial charge >= 0.3 is 0 Å². The Morgan fingerprint density at radius 2 is 2.33 bits per heavy atom. The van der Waals surface area contributed by atoms with Gasteiger partial charge in [0.1, 0.15) is 0 Å². The van der Waals surface area contributed by atoms with Crippen LogP contribution in [0.15, 0.2) is 12.3 Å². The van der Waals surface area contributed by atoms with E-state index in [0.717, 1.165) is 5.75 Å². The van der Waals surface area contributed by atoms with Crippen LogP contribution in [0.3, 0.4) is 0 Å². The molecule has 0 spiro atoms. The van der Waals surface area contributed by atoms with E-state index in [4.69, 9.17) is 0 Å². The number of pyridine rings is 1. The number of rotatable bonds is 6. The fourth-order valence-corrected chi connectivity index (χ4v) is 1.89. The molecule has 0 unspecified atom stereocenters. The van der Waals surface area contributed by atoms with Gasteiger partial charge in [-0.05, 0) is 19.2 Å². The van der Waals surface area contributed by atoms with Crippen molar-refractivity contribution < 1.29 is 9.18 Å². The first-order chi connectivity index (χ1) is 8.61. The van der Waals surface area contributed by atoms with Crippen LogP contribution in [0, 0.1) is 5.82 Å². The second kappa shape index (κ2) is 7.20. The average molecular weight is 271 g/mol. The SMILES string of the molecule is CCNc1nccc(C(=O)N(C)CCSC)c1F. The molecule has 100 valence electrons. The number of halogens is 1. The molecule has 4 nitrogen and oxygen atoms in total. The van der Waals surface area contributed by atoms with E-state index in [2.05, 4.69) is 10.3 Å². The van der Waals surface area contributed by atoms with Crippen molar-refractivity contribution in [2.24, 2.45) is 0 Å². The third kappa shape index (κ3) is 3.60. The van der Waals surface area contributed by atoms with Crippen LogP contribution in [0.1, 0.15) is 17.3 Å². The number of aromatic nitrogens is 1. The molecule has 0 saturated carbocycles. The molecule has 0 atom stereocenters. The lowest BCUT2D eigenvalue weighted by Crippen LogP contribution is -2.29. The highest BCUT2D eigenvalue weighted by molar-refractivity contribution is 7.98. The van der Waals surface area contributed by atoms with Crippen molar-refractivity contribution >= 4 is 23.5 Å². The quantitative estimate of drug-likeness (QED) is 0.860. The molecule has 1 rings (SSSR count). The molecule has 1 N–H and O–H groups in total. The van der Waals surface area contributed by atoms with E-state index in [1.54, 1.807) is 18.8 Å². The van der Waals surface area contributed by atoms with Crippen LogP contribution in [-0.4, -0.2) is 47.9 Å². The van der Waals surface area contributed by atoms with E-state index in [1.807, 2.05) is 13.2 Å². The molecular formula is C12H18FN3OS. The van der Waals surface area contributed by atoms with Crippen LogP contribution < -0.4 is 5.32 Å². The maximum Gasteiger partial charge on any atom is 0.256 e. The second-order valence-corrected chi connectivity index (χ2v) is 4.76. The summed E-state index contributed by atoms with van der Waals surface area (Å²) in [5.41, 5.74) is 0.0598. The van der Waals surface area contributed by atoms with Crippen molar-refractivity contribution in [3.8, 4) is 0 Å². The number of hydrogen-bond acceptors (Lipinski definition) is 4. The molecule has 18 heavy (non-hydrogen) atoms. The number of carbonyl (C=O) groups excluding carboxylic acids is 1. The highest BCUT2D eigenvalue weighted by atomic mass is 32.2. The highest BCUT2D eigenvalue weighted by Gasteiger charge is 2.18. The van der Waals surface area contributed by atoms with Gasteiger partial charge in [-0.1, -0.05) is 0 Å². The smallest absolute Gasteiger partial charge is 0.256 e. The van der Waals surface area contributed by atoms with E-state index >= 15 is 0 Å². The molecule has 0 saturated heterocycles. The molecule has 0 aliphatic heterocycles. The van der Waals surface area contributed by atoms with Gasteiger partial charge in [-0.25, -0.2) is 9.37 Å². The Morgan fingerprint density at radius 3 is 2.94 bits per heavy atom. The summed E-state index contributed by atoms with van der Waals surface area (Å²) >= 11 is 1.65. The summed E-state index contributed by atoms with van der Waals surface area (Å²) in [6.07, 6.45) is 3.41. The van der Waals surface area contributed by atoms with Crippen molar-refractivity contribution in [3.05, 3.63) is 23.6 Å². The Morgan fingerprint density at radius 1 is 1.61 bits per heavy atom. The van der Waals surface area contributed by atoms with Crippen molar-refractivity contribution in [2.45, 2.75) is 6.92 Å². The normalized spacial score (nSPS) is 10.2. The highest BCUT2D eigenvalue weighted by Crippen LogP contribution is 2.16. The lowest BCUT2D eigenvalue weighted by Gasteiger charge is -2.17. The minimum atomic E-state index is -0.583. The standard InChI is InChI=1S/C12H18FN3OS/c1-4-14-11-10(13)9(5-6-15-11)12(17)16(2)7-8-18-3/h5-6H,4,7-8H2,1-3H3,(H,14,15). The van der Waals surface area contributed by atoms with Crippen LogP contribution in [-0.2, 0) is 0 Å². The number of nitrogens with zero attached hydrogens (tertiary/aromatic N) is 2. The lowest BCUT2D eigenvalue weighted by molar-refractivity contribution is 0.0799. The van der Waals surface area contributed by atoms with Crippen LogP contribution in [0.25, 0.3) is 0 Å². The Balaban J connectivity index is 2.88. The monoisotopic (exact) mass is 271 g/mol. The molecule has 0 fully saturated rings. The number of nitrogens with one attached hydrogen (secondary N) is 1. The zero-order valence-corrected chi connectivity index (χ0v) is 11.7. The third-order valence-corrected chi connectivity index (χ3v) is 3.03. The van der Waals surface area contributed by atoms with Crippen LogP contribution in [0.4, 0.5) is 10.2 Å². The van der Waals surface area contributed by atoms with Gasteiger partial charge < -0.3 is 10.2 Å². The summed E-state index contributed by atoms with van der Waals surface area (Å²) in [5, 5.41) is 2.79. The van der Waals surface area contributed by atoms with Gasteiger partial charge in [0.25, 0.3) is 5.91 Å². The Bertz CT molecular complexity index is 414. The zero-order valence-electron chi connectivity index (χ0n) is 10.9. The maximum atomic E-state index is 14.0. The molecule has 0 aliphatic carbocycles. The Hall–Kier alpha value is -1.30. The van der Waals surface area contributed by atoms with Crippen LogP contribution in [0.5, 0.6) is 0 Å². The van der Waals surface area contributed by atoms with Gasteiger partial charge in [0.15, 0.2) is 11.6 Å². The summed E-state index contributed by atoms with van der Waals surface area (Å²) in [6.45, 7) is 3.00. The van der Waals surface area contributed by atoms with E-state index in [0.29, 0.717) is 13.1 Å². The average Bonchev–Trinajstić information content (AvgIpc) is 2.38. The van der Waals surface area contributed by atoms with Crippen LogP contribution >= 0.6 is 11.8 Å². The van der Waals surface area contributed by atoms with E-state index in [9.17, 15) is 9.18 Å². The molecule has 1 heterocycles. The number of carbonyl (C=O) groups is 1. The van der Waals surface area contributed by atoms with Gasteiger partial charge in [-0.2, -0.15) is 11.8 Å². The Labute approximate surface area is 111 Å². The van der Waals surface area contributed by atoms with Gasteiger partial charge in [-0.3, -0.25) is 4.79 Å². The van der Waals surface area contributed by atoms with Gasteiger partial charge in [0, 0.05) is 32.1 Å². The number of amides is 1. The van der Waals surface area contributed by atoms with Crippen molar-refractivity contribution in [1.29, 1.82) is 0 Å². The first-order valence-electron chi connectivity index (χ1n) is 5.74. The first kappa shape index (κ1) is 14.8. The fourth-order valence-electron chi connectivity index (χ4n) is 1.43. The Kier molecular flexibility index (Phi) is 5.91. The molecule has 6 heteroatoms. The summed E-state index contributed by atoms with van der Waals surface area (Å²) in [4.78, 5) is 17.4. The second-order valence-electron chi connectivity index (χ2n) is 3.77. The van der Waals surface area contributed by atoms with Crippen molar-refractivity contribution in [2.75, 3.05) is 37.5 Å². The molecule has 0 radical (unpaired) electrons. The molecule has 0 aliphatic rings. The summed E-state index contributed by atoms with van der Waals surface area (Å²) in [7, 11) is 1.67. The predicted molar refractivity (Wildman–Crippen MR) is 73.7 cm³/mol. The van der Waals surface area contributed by atoms with E-state index < -0.39 is 5.82 Å². The third-order valence-electron chi connectivity index (χ3n) is 2.44. The predicted octanol–water partition coefficient (Wildman–Crippen LogP) is 2.09. The topological polar surface area (TPSA) is 45.2 Å². The van der Waals surface area contributed by atoms with Crippen molar-refractivity contribution in [3.63, 3.8) is 0 Å². The maximum absolute atomic E-state index is 14.0. The number of hydrogen-bond donors (Lipinski definition) is 1. The molecule has 1 aromatic heterocycles. The van der Waals surface area contributed by atoms with E-state index in [-0.39, 0.29) is 17.3 Å². The largest absolute Gasteiger partial charge is 0.368 e. The number of anilines is 1. The summed E-state index contributed by atoms with van der Waals surface area (Å²) in [6, 6.07) is 1.41. The molecule has 1 aromatic rings. The van der Waals surface area contributed by atoms with E-state index in [1.165, 1.54) is 17.2 Å². The van der Waals surface area contributed by atoms with Gasteiger partial charge in [0.2, 0.25) is 0 Å². The molecule has 1 amide bonds. The van der Waals surface area contributed by atoms with Gasteiger partial charge in [0.05, 0.1) is 5.56 Å². The fraction of sp³-hybridized carbons (Fsp3) is 0.500. The summed E-state index contributed by atoms with van der Waals surface area (Å²) in [5.74, 6) is 0.0553. The molecule has 0 aromatic carbocycles.